The molecule has 0 saturated heterocycles. The molecule has 1 fully saturated rings. The van der Waals surface area contributed by atoms with Gasteiger partial charge in [-0.05, 0) is 75.5 Å². The minimum atomic E-state index is -3.55. The van der Waals surface area contributed by atoms with E-state index in [9.17, 15) is 8.42 Å². The van der Waals surface area contributed by atoms with Gasteiger partial charge in [-0.3, -0.25) is 0 Å². The van der Waals surface area contributed by atoms with Crippen molar-refractivity contribution in [3.63, 3.8) is 0 Å². The number of ether oxygens (including phenoxy) is 1. The van der Waals surface area contributed by atoms with Crippen LogP contribution in [0.4, 0.5) is 0 Å². The predicted octanol–water partition coefficient (Wildman–Crippen LogP) is 3.65. The molecule has 0 amide bonds. The Morgan fingerprint density at radius 1 is 1.19 bits per heavy atom. The molecule has 1 aromatic carbocycles. The van der Waals surface area contributed by atoms with Crippen molar-refractivity contribution in [2.24, 2.45) is 0 Å². The van der Waals surface area contributed by atoms with Crippen LogP contribution in [0.1, 0.15) is 36.6 Å². The van der Waals surface area contributed by atoms with Crippen molar-refractivity contribution in [1.82, 2.24) is 9.62 Å². The number of likely N-dealkylation sites (N-methyl/N-ethyl adjacent to an activating group) is 1. The van der Waals surface area contributed by atoms with Crippen LogP contribution in [0, 0.1) is 0 Å². The molecular formula is C19H26N2O3S2. The van der Waals surface area contributed by atoms with Crippen molar-refractivity contribution in [3.8, 4) is 5.75 Å². The van der Waals surface area contributed by atoms with Crippen LogP contribution in [0.25, 0.3) is 0 Å². The highest BCUT2D eigenvalue weighted by molar-refractivity contribution is 7.89. The zero-order valence-electron chi connectivity index (χ0n) is 15.2. The quantitative estimate of drug-likeness (QED) is 0.742. The second-order valence-corrected chi connectivity index (χ2v) is 9.59. The Morgan fingerprint density at radius 3 is 2.46 bits per heavy atom. The van der Waals surface area contributed by atoms with Gasteiger partial charge in [-0.25, -0.2) is 13.1 Å². The fraction of sp³-hybridized carbons (Fsp3) is 0.474. The van der Waals surface area contributed by atoms with Crippen LogP contribution in [0.2, 0.25) is 0 Å². The molecule has 3 rings (SSSR count). The first-order valence-electron chi connectivity index (χ1n) is 8.92. The monoisotopic (exact) mass is 394 g/mol. The summed E-state index contributed by atoms with van der Waals surface area (Å²) in [7, 11) is 0.353. The largest absolute Gasteiger partial charge is 0.490 e. The molecule has 0 radical (unpaired) electrons. The number of hydrogen-bond acceptors (Lipinski definition) is 5. The second kappa shape index (κ2) is 8.52. The Morgan fingerprint density at radius 2 is 1.88 bits per heavy atom. The summed E-state index contributed by atoms with van der Waals surface area (Å²) >= 11 is 1.63. The predicted molar refractivity (Wildman–Crippen MR) is 105 cm³/mol. The Balaban J connectivity index is 1.63. The van der Waals surface area contributed by atoms with E-state index in [-0.39, 0.29) is 17.0 Å². The lowest BCUT2D eigenvalue weighted by molar-refractivity contribution is 0.210. The standard InChI is InChI=1S/C19H26N2O3S2/c1-21(2)18(19-8-5-13-25-19)14-20-26(22,23)17-11-9-16(10-12-17)24-15-6-3-4-7-15/h5,8-13,15,18,20H,3-4,6-7,14H2,1-2H3. The van der Waals surface area contributed by atoms with Crippen molar-refractivity contribution >= 4 is 21.4 Å². The molecular weight excluding hydrogens is 368 g/mol. The summed E-state index contributed by atoms with van der Waals surface area (Å²) in [5, 5.41) is 2.00. The maximum absolute atomic E-state index is 12.6. The number of hydrogen-bond donors (Lipinski definition) is 1. The Kier molecular flexibility index (Phi) is 6.34. The van der Waals surface area contributed by atoms with Crippen molar-refractivity contribution in [3.05, 3.63) is 46.7 Å². The third-order valence-corrected chi connectivity index (χ3v) is 7.11. The average molecular weight is 395 g/mol. The lowest BCUT2D eigenvalue weighted by atomic mass is 10.2. The summed E-state index contributed by atoms with van der Waals surface area (Å²) in [5.74, 6) is 0.737. The van der Waals surface area contributed by atoms with E-state index in [1.54, 1.807) is 35.6 Å². The zero-order chi connectivity index (χ0) is 18.6. The molecule has 0 spiro atoms. The Labute approximate surface area is 160 Å². The summed E-state index contributed by atoms with van der Waals surface area (Å²) in [4.78, 5) is 3.42. The molecule has 1 N–H and O–H groups in total. The van der Waals surface area contributed by atoms with E-state index < -0.39 is 10.0 Å². The van der Waals surface area contributed by atoms with Gasteiger partial charge in [0.25, 0.3) is 0 Å². The highest BCUT2D eigenvalue weighted by Crippen LogP contribution is 2.26. The lowest BCUT2D eigenvalue weighted by Gasteiger charge is -2.23. The Hall–Kier alpha value is -1.41. The van der Waals surface area contributed by atoms with Crippen LogP contribution in [-0.2, 0) is 10.0 Å². The van der Waals surface area contributed by atoms with Crippen molar-refractivity contribution in [2.75, 3.05) is 20.6 Å². The third-order valence-electron chi connectivity index (χ3n) is 4.70. The number of rotatable bonds is 8. The molecule has 1 unspecified atom stereocenters. The maximum atomic E-state index is 12.6. The van der Waals surface area contributed by atoms with Gasteiger partial charge in [0.2, 0.25) is 10.0 Å². The number of benzene rings is 1. The van der Waals surface area contributed by atoms with Crippen LogP contribution >= 0.6 is 11.3 Å². The second-order valence-electron chi connectivity index (χ2n) is 6.84. The van der Waals surface area contributed by atoms with Crippen molar-refractivity contribution in [1.29, 1.82) is 0 Å². The molecule has 1 heterocycles. The van der Waals surface area contributed by atoms with Gasteiger partial charge >= 0.3 is 0 Å². The first-order valence-corrected chi connectivity index (χ1v) is 11.3. The van der Waals surface area contributed by atoms with Crippen LogP contribution < -0.4 is 9.46 Å². The molecule has 1 atom stereocenters. The average Bonchev–Trinajstić information content (AvgIpc) is 3.29. The fourth-order valence-electron chi connectivity index (χ4n) is 3.19. The Bertz CT molecular complexity index is 781. The SMILES string of the molecule is CN(C)C(CNS(=O)(=O)c1ccc(OC2CCCC2)cc1)c1cccs1. The molecule has 7 heteroatoms. The van der Waals surface area contributed by atoms with Gasteiger partial charge in [-0.15, -0.1) is 11.3 Å². The maximum Gasteiger partial charge on any atom is 0.240 e. The van der Waals surface area contributed by atoms with Crippen LogP contribution in [0.5, 0.6) is 5.75 Å². The van der Waals surface area contributed by atoms with Gasteiger partial charge in [-0.1, -0.05) is 6.07 Å². The fourth-order valence-corrected chi connectivity index (χ4v) is 5.15. The van der Waals surface area contributed by atoms with E-state index in [0.29, 0.717) is 6.54 Å². The van der Waals surface area contributed by atoms with Crippen LogP contribution in [0.15, 0.2) is 46.7 Å². The van der Waals surface area contributed by atoms with Crippen LogP contribution in [0.3, 0.4) is 0 Å². The van der Waals surface area contributed by atoms with Gasteiger partial charge in [0.1, 0.15) is 5.75 Å². The van der Waals surface area contributed by atoms with Gasteiger partial charge < -0.3 is 9.64 Å². The summed E-state index contributed by atoms with van der Waals surface area (Å²) in [6, 6.07) is 10.7. The first-order chi connectivity index (χ1) is 12.5. The van der Waals surface area contributed by atoms with Gasteiger partial charge in [-0.2, -0.15) is 0 Å². The van der Waals surface area contributed by atoms with E-state index >= 15 is 0 Å². The minimum absolute atomic E-state index is 0.00903. The third kappa shape index (κ3) is 4.85. The molecule has 1 aromatic heterocycles. The van der Waals surface area contributed by atoms with E-state index in [1.807, 2.05) is 36.5 Å². The van der Waals surface area contributed by atoms with E-state index in [1.165, 1.54) is 12.8 Å². The summed E-state index contributed by atoms with van der Waals surface area (Å²) in [5.41, 5.74) is 0. The topological polar surface area (TPSA) is 58.6 Å². The molecule has 1 aliphatic carbocycles. The highest BCUT2D eigenvalue weighted by atomic mass is 32.2. The normalized spacial score (nSPS) is 16.9. The molecule has 0 bridgehead atoms. The smallest absolute Gasteiger partial charge is 0.240 e. The number of nitrogens with one attached hydrogen (secondary N) is 1. The lowest BCUT2D eigenvalue weighted by Crippen LogP contribution is -2.34. The molecule has 1 aliphatic rings. The minimum Gasteiger partial charge on any atom is -0.490 e. The summed E-state index contributed by atoms with van der Waals surface area (Å²) < 4.78 is 33.9. The summed E-state index contributed by atoms with van der Waals surface area (Å²) in [6.07, 6.45) is 4.84. The molecule has 0 aliphatic heterocycles. The summed E-state index contributed by atoms with van der Waals surface area (Å²) in [6.45, 7) is 0.330. The van der Waals surface area contributed by atoms with Crippen LogP contribution in [-0.4, -0.2) is 40.1 Å². The number of nitrogens with zero attached hydrogens (tertiary/aromatic N) is 1. The molecule has 2 aromatic rings. The highest BCUT2D eigenvalue weighted by Gasteiger charge is 2.21. The van der Waals surface area contributed by atoms with Gasteiger partial charge in [0.15, 0.2) is 0 Å². The number of sulfonamides is 1. The molecule has 1 saturated carbocycles. The molecule has 26 heavy (non-hydrogen) atoms. The van der Waals surface area contributed by atoms with Crippen molar-refractivity contribution in [2.45, 2.75) is 42.7 Å². The van der Waals surface area contributed by atoms with Gasteiger partial charge in [0, 0.05) is 11.4 Å². The van der Waals surface area contributed by atoms with E-state index in [0.717, 1.165) is 23.5 Å². The van der Waals surface area contributed by atoms with Gasteiger partial charge in [0.05, 0.1) is 17.0 Å². The first kappa shape index (κ1) is 19.4. The number of thiophene rings is 1. The van der Waals surface area contributed by atoms with Crippen molar-refractivity contribution < 1.29 is 13.2 Å². The zero-order valence-corrected chi connectivity index (χ0v) is 16.9. The molecule has 142 valence electrons. The molecule has 5 nitrogen and oxygen atoms in total. The van der Waals surface area contributed by atoms with E-state index in [2.05, 4.69) is 4.72 Å². The van der Waals surface area contributed by atoms with E-state index in [4.69, 9.17) is 4.74 Å².